The van der Waals surface area contributed by atoms with Crippen LogP contribution in [-0.4, -0.2) is 46.1 Å². The molecule has 22 heavy (non-hydrogen) atoms. The van der Waals surface area contributed by atoms with Gasteiger partial charge >= 0.3 is 6.03 Å². The fourth-order valence-corrected chi connectivity index (χ4v) is 4.66. The van der Waals surface area contributed by atoms with Crippen LogP contribution < -0.4 is 0 Å². The second kappa shape index (κ2) is 4.49. The van der Waals surface area contributed by atoms with E-state index in [4.69, 9.17) is 11.6 Å². The van der Waals surface area contributed by atoms with E-state index in [1.54, 1.807) is 0 Å². The number of hydrogen-bond acceptors (Lipinski definition) is 2. The highest BCUT2D eigenvalue weighted by Gasteiger charge is 2.42. The Morgan fingerprint density at radius 1 is 1.14 bits per heavy atom. The first-order chi connectivity index (χ1) is 10.7. The summed E-state index contributed by atoms with van der Waals surface area (Å²) >= 11 is 6.12. The number of rotatable bonds is 1. The van der Waals surface area contributed by atoms with Gasteiger partial charge in [-0.15, -0.1) is 0 Å². The fraction of sp³-hybridized carbons (Fsp3) is 0.471. The molecule has 0 N–H and O–H groups in total. The highest BCUT2D eigenvalue weighted by molar-refractivity contribution is 6.31. The van der Waals surface area contributed by atoms with Gasteiger partial charge in [0.2, 0.25) is 0 Å². The number of hydrogen-bond donors (Lipinski definition) is 0. The standard InChI is InChI=1S/C17H18ClN3O/c18-13-2-1-12-7-14-9-20(17(22)21(14)15(12)8-13)16-10-19-5-3-11(16)4-6-19/h1-2,7-8,11,16H,3-6,9-10H2. The molecule has 0 radical (unpaired) electrons. The SMILES string of the molecule is O=C1N(C2CN3CCC2CC3)Cc2cc3ccc(Cl)cc3n21. The van der Waals surface area contributed by atoms with Gasteiger partial charge in [0, 0.05) is 28.7 Å². The molecule has 4 aliphatic heterocycles. The van der Waals surface area contributed by atoms with Gasteiger partial charge in [0.1, 0.15) is 0 Å². The van der Waals surface area contributed by atoms with E-state index in [-0.39, 0.29) is 6.03 Å². The van der Waals surface area contributed by atoms with Gasteiger partial charge in [-0.25, -0.2) is 4.79 Å². The molecule has 3 saturated heterocycles. The van der Waals surface area contributed by atoms with Crippen molar-refractivity contribution >= 4 is 28.5 Å². The lowest BCUT2D eigenvalue weighted by atomic mass is 9.83. The van der Waals surface area contributed by atoms with E-state index in [1.807, 2.05) is 22.8 Å². The molecule has 1 atom stereocenters. The predicted octanol–water partition coefficient (Wildman–Crippen LogP) is 3.17. The molecule has 5 heterocycles. The van der Waals surface area contributed by atoms with Crippen LogP contribution in [0.5, 0.6) is 0 Å². The lowest BCUT2D eigenvalue weighted by molar-refractivity contribution is 0.0241. The minimum absolute atomic E-state index is 0.131. The molecule has 4 aliphatic rings. The van der Waals surface area contributed by atoms with Crippen LogP contribution in [0.3, 0.4) is 0 Å². The molecule has 1 aromatic heterocycles. The zero-order valence-electron chi connectivity index (χ0n) is 12.3. The first-order valence-corrected chi connectivity index (χ1v) is 8.42. The van der Waals surface area contributed by atoms with E-state index in [0.717, 1.165) is 29.7 Å². The third kappa shape index (κ3) is 1.71. The Kier molecular flexibility index (Phi) is 2.65. The maximum Gasteiger partial charge on any atom is 0.329 e. The number of nitrogens with zero attached hydrogens (tertiary/aromatic N) is 3. The van der Waals surface area contributed by atoms with Crippen LogP contribution in [0.1, 0.15) is 18.5 Å². The molecule has 3 fully saturated rings. The monoisotopic (exact) mass is 315 g/mol. The average molecular weight is 316 g/mol. The van der Waals surface area contributed by atoms with Gasteiger partial charge in [0.25, 0.3) is 0 Å². The quantitative estimate of drug-likeness (QED) is 0.808. The summed E-state index contributed by atoms with van der Waals surface area (Å²) in [6, 6.07) is 8.42. The number of halogens is 1. The Morgan fingerprint density at radius 2 is 1.95 bits per heavy atom. The normalized spacial score (nSPS) is 30.3. The molecule has 0 aliphatic carbocycles. The molecule has 114 valence electrons. The first kappa shape index (κ1) is 13.0. The maximum atomic E-state index is 13.0. The summed E-state index contributed by atoms with van der Waals surface area (Å²) in [5.41, 5.74) is 2.04. The second-order valence-electron chi connectivity index (χ2n) is 6.79. The smallest absolute Gasteiger partial charge is 0.314 e. The van der Waals surface area contributed by atoms with Crippen molar-refractivity contribution < 1.29 is 4.79 Å². The Morgan fingerprint density at radius 3 is 2.68 bits per heavy atom. The van der Waals surface area contributed by atoms with Crippen molar-refractivity contribution in [2.45, 2.75) is 25.4 Å². The summed E-state index contributed by atoms with van der Waals surface area (Å²) < 4.78 is 1.86. The van der Waals surface area contributed by atoms with Crippen molar-refractivity contribution in [1.82, 2.24) is 14.4 Å². The summed E-state index contributed by atoms with van der Waals surface area (Å²) in [5, 5.41) is 1.78. The van der Waals surface area contributed by atoms with E-state index < -0.39 is 0 Å². The first-order valence-electron chi connectivity index (χ1n) is 8.04. The molecule has 2 bridgehead atoms. The molecule has 0 saturated carbocycles. The molecule has 2 aromatic rings. The highest BCUT2D eigenvalue weighted by atomic mass is 35.5. The van der Waals surface area contributed by atoms with E-state index in [1.165, 1.54) is 25.9 Å². The molecule has 1 aromatic carbocycles. The van der Waals surface area contributed by atoms with Crippen LogP contribution in [-0.2, 0) is 6.54 Å². The van der Waals surface area contributed by atoms with E-state index in [2.05, 4.69) is 15.9 Å². The zero-order chi connectivity index (χ0) is 14.8. The van der Waals surface area contributed by atoms with Crippen LogP contribution in [0, 0.1) is 5.92 Å². The Hall–Kier alpha value is -1.52. The number of benzene rings is 1. The maximum absolute atomic E-state index is 13.0. The third-order valence-electron chi connectivity index (χ3n) is 5.63. The number of carbonyl (C=O) groups excluding carboxylic acids is 1. The number of piperidine rings is 3. The largest absolute Gasteiger partial charge is 0.329 e. The molecule has 5 heteroatoms. The van der Waals surface area contributed by atoms with Gasteiger partial charge in [0.05, 0.1) is 12.1 Å². The van der Waals surface area contributed by atoms with Crippen molar-refractivity contribution in [3.05, 3.63) is 35.0 Å². The van der Waals surface area contributed by atoms with Crippen LogP contribution in [0.15, 0.2) is 24.3 Å². The van der Waals surface area contributed by atoms with E-state index >= 15 is 0 Å². The molecule has 6 rings (SSSR count). The molecule has 1 unspecified atom stereocenters. The zero-order valence-corrected chi connectivity index (χ0v) is 13.1. The molecular weight excluding hydrogens is 298 g/mol. The van der Waals surface area contributed by atoms with Gasteiger partial charge in [-0.2, -0.15) is 0 Å². The lowest BCUT2D eigenvalue weighted by Crippen LogP contribution is -2.57. The summed E-state index contributed by atoms with van der Waals surface area (Å²) in [4.78, 5) is 17.6. The van der Waals surface area contributed by atoms with Crippen molar-refractivity contribution in [1.29, 1.82) is 0 Å². The van der Waals surface area contributed by atoms with Crippen molar-refractivity contribution in [3.8, 4) is 0 Å². The van der Waals surface area contributed by atoms with E-state index in [9.17, 15) is 4.79 Å². The summed E-state index contributed by atoms with van der Waals surface area (Å²) in [5.74, 6) is 0.674. The van der Waals surface area contributed by atoms with Crippen LogP contribution >= 0.6 is 11.6 Å². The number of fused-ring (bicyclic) bond motifs is 6. The topological polar surface area (TPSA) is 28.5 Å². The minimum atomic E-state index is 0.131. The summed E-state index contributed by atoms with van der Waals surface area (Å²) in [6.07, 6.45) is 2.46. The third-order valence-corrected chi connectivity index (χ3v) is 5.87. The minimum Gasteiger partial charge on any atom is -0.314 e. The van der Waals surface area contributed by atoms with Gasteiger partial charge in [-0.3, -0.25) is 4.57 Å². The number of aromatic nitrogens is 1. The van der Waals surface area contributed by atoms with Gasteiger partial charge in [0.15, 0.2) is 0 Å². The van der Waals surface area contributed by atoms with Gasteiger partial charge < -0.3 is 9.80 Å². The van der Waals surface area contributed by atoms with Crippen LogP contribution in [0.4, 0.5) is 4.79 Å². The van der Waals surface area contributed by atoms with Crippen molar-refractivity contribution in [2.75, 3.05) is 19.6 Å². The Balaban J connectivity index is 1.53. The van der Waals surface area contributed by atoms with Gasteiger partial charge in [-0.1, -0.05) is 17.7 Å². The van der Waals surface area contributed by atoms with Crippen molar-refractivity contribution in [3.63, 3.8) is 0 Å². The Labute approximate surface area is 134 Å². The van der Waals surface area contributed by atoms with Crippen molar-refractivity contribution in [2.24, 2.45) is 5.92 Å². The van der Waals surface area contributed by atoms with Gasteiger partial charge in [-0.05, 0) is 50.0 Å². The molecule has 4 nitrogen and oxygen atoms in total. The van der Waals surface area contributed by atoms with Crippen LogP contribution in [0.2, 0.25) is 5.02 Å². The Bertz CT molecular complexity index is 776. The fourth-order valence-electron chi connectivity index (χ4n) is 4.49. The highest BCUT2D eigenvalue weighted by Crippen LogP contribution is 2.36. The summed E-state index contributed by atoms with van der Waals surface area (Å²) in [7, 11) is 0. The molecule has 0 spiro atoms. The number of carbonyl (C=O) groups is 1. The summed E-state index contributed by atoms with van der Waals surface area (Å²) in [6.45, 7) is 4.18. The lowest BCUT2D eigenvalue weighted by Gasteiger charge is -2.47. The van der Waals surface area contributed by atoms with E-state index in [0.29, 0.717) is 17.0 Å². The number of amides is 1. The predicted molar refractivity (Wildman–Crippen MR) is 86.2 cm³/mol. The molecular formula is C17H18ClN3O. The average Bonchev–Trinajstić information content (AvgIpc) is 3.05. The second-order valence-corrected chi connectivity index (χ2v) is 7.23. The molecule has 1 amide bonds. The van der Waals surface area contributed by atoms with Crippen LogP contribution in [0.25, 0.3) is 10.9 Å².